The van der Waals surface area contributed by atoms with Crippen molar-refractivity contribution in [3.05, 3.63) is 0 Å². The van der Waals surface area contributed by atoms with Crippen LogP contribution >= 0.6 is 22.6 Å². The van der Waals surface area contributed by atoms with E-state index in [-0.39, 0.29) is 4.11 Å². The van der Waals surface area contributed by atoms with E-state index in [1.54, 1.807) is 0 Å². The Morgan fingerprint density at radius 1 is 1.35 bits per heavy atom. The summed E-state index contributed by atoms with van der Waals surface area (Å²) in [5, 5.41) is 0. The monoisotopic (exact) mass is 352 g/mol. The first-order chi connectivity index (χ1) is 8.15. The van der Waals surface area contributed by atoms with Gasteiger partial charge in [-0.2, -0.15) is 0 Å². The smallest absolute Gasteiger partial charge is 0.223 e. The Kier molecular flexibility index (Phi) is 5.05. The van der Waals surface area contributed by atoms with E-state index in [2.05, 4.69) is 34.5 Å². The number of likely N-dealkylation sites (tertiary alicyclic amines) is 1. The molecule has 17 heavy (non-hydrogen) atoms. The standard InChI is InChI=1S/C12H21IN2O2/c1-14-4-2-10(3-5-14)8-12(16)15-6-7-17-11(13)9-15/h10-11H,2-9H2,1H3. The summed E-state index contributed by atoms with van der Waals surface area (Å²) in [5.41, 5.74) is 0. The third kappa shape index (κ3) is 4.06. The molecule has 1 amide bonds. The molecule has 2 heterocycles. The molecule has 0 saturated carbocycles. The topological polar surface area (TPSA) is 32.8 Å². The van der Waals surface area contributed by atoms with E-state index < -0.39 is 0 Å². The molecule has 0 bridgehead atoms. The summed E-state index contributed by atoms with van der Waals surface area (Å²) in [4.78, 5) is 16.5. The van der Waals surface area contributed by atoms with Crippen molar-refractivity contribution in [1.29, 1.82) is 0 Å². The Morgan fingerprint density at radius 3 is 2.71 bits per heavy atom. The number of amides is 1. The summed E-state index contributed by atoms with van der Waals surface area (Å²) in [6.45, 7) is 4.48. The maximum atomic E-state index is 12.1. The van der Waals surface area contributed by atoms with Crippen LogP contribution in [0.4, 0.5) is 0 Å². The lowest BCUT2D eigenvalue weighted by Gasteiger charge is -2.33. The van der Waals surface area contributed by atoms with Crippen LogP contribution in [0.5, 0.6) is 0 Å². The fourth-order valence-electron chi connectivity index (χ4n) is 2.48. The molecule has 2 aliphatic heterocycles. The third-order valence-electron chi connectivity index (χ3n) is 3.68. The number of hydrogen-bond acceptors (Lipinski definition) is 3. The Labute approximate surface area is 117 Å². The van der Waals surface area contributed by atoms with Crippen molar-refractivity contribution < 1.29 is 9.53 Å². The zero-order valence-corrected chi connectivity index (χ0v) is 12.6. The van der Waals surface area contributed by atoms with Crippen molar-refractivity contribution in [2.45, 2.75) is 23.4 Å². The molecule has 0 aliphatic carbocycles. The van der Waals surface area contributed by atoms with Gasteiger partial charge < -0.3 is 14.5 Å². The molecule has 2 saturated heterocycles. The Balaban J connectivity index is 1.76. The fraction of sp³-hybridized carbons (Fsp3) is 0.917. The van der Waals surface area contributed by atoms with Crippen LogP contribution in [-0.2, 0) is 9.53 Å². The molecule has 0 radical (unpaired) electrons. The zero-order chi connectivity index (χ0) is 12.3. The van der Waals surface area contributed by atoms with Crippen LogP contribution in [0.3, 0.4) is 0 Å². The number of hydrogen-bond donors (Lipinski definition) is 0. The van der Waals surface area contributed by atoms with Crippen molar-refractivity contribution in [2.24, 2.45) is 5.92 Å². The summed E-state index contributed by atoms with van der Waals surface area (Å²) < 4.78 is 5.62. The SMILES string of the molecule is CN1CCC(CC(=O)N2CCOC(I)C2)CC1. The van der Waals surface area contributed by atoms with Gasteiger partial charge in [0, 0.05) is 13.0 Å². The maximum absolute atomic E-state index is 12.1. The number of nitrogens with zero attached hydrogens (tertiary/aromatic N) is 2. The highest BCUT2D eigenvalue weighted by atomic mass is 127. The summed E-state index contributed by atoms with van der Waals surface area (Å²) in [6, 6.07) is 0. The highest BCUT2D eigenvalue weighted by Crippen LogP contribution is 2.21. The van der Waals surface area contributed by atoms with E-state index in [1.165, 1.54) is 12.8 Å². The minimum Gasteiger partial charge on any atom is -0.364 e. The molecule has 98 valence electrons. The molecule has 0 spiro atoms. The van der Waals surface area contributed by atoms with E-state index >= 15 is 0 Å². The lowest BCUT2D eigenvalue weighted by molar-refractivity contribution is -0.137. The van der Waals surface area contributed by atoms with Gasteiger partial charge >= 0.3 is 0 Å². The van der Waals surface area contributed by atoms with Gasteiger partial charge in [0.05, 0.1) is 13.2 Å². The molecular weight excluding hydrogens is 331 g/mol. The first kappa shape index (κ1) is 13.5. The number of piperidine rings is 1. The summed E-state index contributed by atoms with van der Waals surface area (Å²) >= 11 is 2.26. The second kappa shape index (κ2) is 6.33. The fourth-order valence-corrected chi connectivity index (χ4v) is 3.21. The first-order valence-corrected chi connectivity index (χ1v) is 7.61. The van der Waals surface area contributed by atoms with Gasteiger partial charge in [-0.15, -0.1) is 0 Å². The van der Waals surface area contributed by atoms with Crippen LogP contribution in [0.2, 0.25) is 0 Å². The Bertz CT molecular complexity index is 267. The molecule has 1 unspecified atom stereocenters. The number of rotatable bonds is 2. The first-order valence-electron chi connectivity index (χ1n) is 6.37. The van der Waals surface area contributed by atoms with Gasteiger partial charge in [-0.1, -0.05) is 0 Å². The van der Waals surface area contributed by atoms with Crippen LogP contribution in [-0.4, -0.2) is 59.7 Å². The van der Waals surface area contributed by atoms with Crippen molar-refractivity contribution in [3.63, 3.8) is 0 Å². The average molecular weight is 352 g/mol. The van der Waals surface area contributed by atoms with E-state index in [0.29, 0.717) is 18.4 Å². The Morgan fingerprint density at radius 2 is 2.06 bits per heavy atom. The van der Waals surface area contributed by atoms with E-state index in [0.717, 1.165) is 32.6 Å². The predicted molar refractivity (Wildman–Crippen MR) is 75.2 cm³/mol. The molecule has 0 aromatic rings. The van der Waals surface area contributed by atoms with Gasteiger partial charge in [-0.25, -0.2) is 0 Å². The van der Waals surface area contributed by atoms with Crippen LogP contribution in [0.1, 0.15) is 19.3 Å². The van der Waals surface area contributed by atoms with Crippen LogP contribution in [0.15, 0.2) is 0 Å². The van der Waals surface area contributed by atoms with Gasteiger partial charge in [0.15, 0.2) is 0 Å². The number of carbonyl (C=O) groups is 1. The molecule has 2 rings (SSSR count). The highest BCUT2D eigenvalue weighted by Gasteiger charge is 2.26. The lowest BCUT2D eigenvalue weighted by Crippen LogP contribution is -2.44. The molecule has 4 nitrogen and oxygen atoms in total. The molecule has 2 aliphatic rings. The molecule has 0 N–H and O–H groups in total. The third-order valence-corrected chi connectivity index (χ3v) is 4.43. The average Bonchev–Trinajstić information content (AvgIpc) is 2.32. The number of morpholine rings is 1. The summed E-state index contributed by atoms with van der Waals surface area (Å²) in [7, 11) is 2.15. The second-order valence-electron chi connectivity index (χ2n) is 5.07. The lowest BCUT2D eigenvalue weighted by atomic mass is 9.93. The largest absolute Gasteiger partial charge is 0.364 e. The minimum atomic E-state index is 0.169. The predicted octanol–water partition coefficient (Wildman–Crippen LogP) is 1.34. The van der Waals surface area contributed by atoms with Gasteiger partial charge in [0.1, 0.15) is 4.11 Å². The van der Waals surface area contributed by atoms with Crippen molar-refractivity contribution in [1.82, 2.24) is 9.80 Å². The molecule has 1 atom stereocenters. The normalized spacial score (nSPS) is 28.4. The van der Waals surface area contributed by atoms with E-state index in [4.69, 9.17) is 4.74 Å². The van der Waals surface area contributed by atoms with E-state index in [9.17, 15) is 4.79 Å². The van der Waals surface area contributed by atoms with Gasteiger partial charge in [-0.3, -0.25) is 4.79 Å². The van der Waals surface area contributed by atoms with Crippen molar-refractivity contribution >= 4 is 28.5 Å². The number of halogens is 1. The van der Waals surface area contributed by atoms with Gasteiger partial charge in [0.2, 0.25) is 5.91 Å². The number of carbonyl (C=O) groups excluding carboxylic acids is 1. The highest BCUT2D eigenvalue weighted by molar-refractivity contribution is 14.1. The second-order valence-corrected chi connectivity index (χ2v) is 6.46. The maximum Gasteiger partial charge on any atom is 0.223 e. The molecule has 2 fully saturated rings. The summed E-state index contributed by atoms with van der Waals surface area (Å²) in [6.07, 6.45) is 3.07. The zero-order valence-electron chi connectivity index (χ0n) is 10.4. The molecule has 0 aromatic heterocycles. The van der Waals surface area contributed by atoms with Crippen LogP contribution in [0.25, 0.3) is 0 Å². The minimum absolute atomic E-state index is 0.169. The number of alkyl halides is 1. The molecule has 0 aromatic carbocycles. The van der Waals surface area contributed by atoms with E-state index in [1.807, 2.05) is 4.90 Å². The van der Waals surface area contributed by atoms with Crippen molar-refractivity contribution in [3.8, 4) is 0 Å². The van der Waals surface area contributed by atoms with Crippen LogP contribution < -0.4 is 0 Å². The quantitative estimate of drug-likeness (QED) is 0.556. The molecule has 5 heteroatoms. The Hall–Kier alpha value is 0.120. The van der Waals surface area contributed by atoms with Crippen LogP contribution in [0, 0.1) is 5.92 Å². The number of ether oxygens (including phenoxy) is 1. The van der Waals surface area contributed by atoms with Gasteiger partial charge in [-0.05, 0) is 61.5 Å². The molecular formula is C12H21IN2O2. The van der Waals surface area contributed by atoms with Crippen molar-refractivity contribution in [2.75, 3.05) is 39.8 Å². The van der Waals surface area contributed by atoms with Gasteiger partial charge in [0.25, 0.3) is 0 Å². The summed E-state index contributed by atoms with van der Waals surface area (Å²) in [5.74, 6) is 0.915.